The van der Waals surface area contributed by atoms with Crippen LogP contribution in [0.5, 0.6) is 0 Å². The summed E-state index contributed by atoms with van der Waals surface area (Å²) in [7, 11) is 0. The second-order valence-electron chi connectivity index (χ2n) is 6.20. The van der Waals surface area contributed by atoms with Gasteiger partial charge in [0, 0.05) is 49.8 Å². The number of piperidine rings is 2. The van der Waals surface area contributed by atoms with Crippen LogP contribution < -0.4 is 10.2 Å². The van der Waals surface area contributed by atoms with Crippen LogP contribution in [0.4, 0.5) is 9.93 Å². The van der Waals surface area contributed by atoms with E-state index < -0.39 is 0 Å². The number of hydrogen-bond acceptors (Lipinski definition) is 6. The molecule has 7 heteroatoms. The van der Waals surface area contributed by atoms with E-state index in [1.807, 2.05) is 23.4 Å². The molecule has 2 aliphatic rings. The van der Waals surface area contributed by atoms with E-state index in [1.54, 1.807) is 11.3 Å². The number of rotatable bonds is 4. The zero-order valence-electron chi connectivity index (χ0n) is 13.7. The Labute approximate surface area is 141 Å². The summed E-state index contributed by atoms with van der Waals surface area (Å²) in [5.41, 5.74) is 0. The van der Waals surface area contributed by atoms with Crippen molar-refractivity contribution < 1.29 is 9.53 Å². The second-order valence-corrected chi connectivity index (χ2v) is 7.08. The van der Waals surface area contributed by atoms with Crippen LogP contribution in [0, 0.1) is 0 Å². The zero-order valence-corrected chi connectivity index (χ0v) is 14.6. The summed E-state index contributed by atoms with van der Waals surface area (Å²) in [6, 6.07) is 1.11. The molecule has 0 atom stereocenters. The highest BCUT2D eigenvalue weighted by Crippen LogP contribution is 2.23. The number of hydrogen-bond donors (Lipinski definition) is 1. The third-order valence-electron chi connectivity index (χ3n) is 4.68. The van der Waals surface area contributed by atoms with Gasteiger partial charge < -0.3 is 19.9 Å². The molecule has 2 aliphatic heterocycles. The van der Waals surface area contributed by atoms with Gasteiger partial charge in [0.05, 0.1) is 6.61 Å². The van der Waals surface area contributed by atoms with Crippen LogP contribution >= 0.6 is 11.3 Å². The highest BCUT2D eigenvalue weighted by molar-refractivity contribution is 7.13. The lowest BCUT2D eigenvalue weighted by Crippen LogP contribution is -2.50. The van der Waals surface area contributed by atoms with Crippen molar-refractivity contribution in [2.24, 2.45) is 0 Å². The average Bonchev–Trinajstić information content (AvgIpc) is 3.11. The van der Waals surface area contributed by atoms with Gasteiger partial charge in [0.2, 0.25) is 0 Å². The normalized spacial score (nSPS) is 20.7. The number of thiazole rings is 1. The maximum Gasteiger partial charge on any atom is 0.409 e. The molecule has 0 aromatic carbocycles. The van der Waals surface area contributed by atoms with E-state index in [4.69, 9.17) is 4.74 Å². The first-order chi connectivity index (χ1) is 11.3. The fraction of sp³-hybridized carbons (Fsp3) is 0.750. The van der Waals surface area contributed by atoms with Crippen LogP contribution in [0.3, 0.4) is 0 Å². The standard InChI is InChI=1S/C16H26N4O2S/c1-2-22-16(21)20-10-5-14(6-11-20)18-13-3-8-19(9-4-13)15-17-7-12-23-15/h7,12-14,18H,2-6,8-11H2,1H3. The Hall–Kier alpha value is -1.34. The molecule has 128 valence electrons. The van der Waals surface area contributed by atoms with Gasteiger partial charge in [-0.3, -0.25) is 0 Å². The second kappa shape index (κ2) is 7.97. The lowest BCUT2D eigenvalue weighted by molar-refractivity contribution is 0.0938. The Morgan fingerprint density at radius 2 is 1.91 bits per heavy atom. The Balaban J connectivity index is 1.38. The van der Waals surface area contributed by atoms with E-state index in [0.29, 0.717) is 18.7 Å². The summed E-state index contributed by atoms with van der Waals surface area (Å²) in [5, 5.41) is 6.98. The third-order valence-corrected chi connectivity index (χ3v) is 5.51. The lowest BCUT2D eigenvalue weighted by Gasteiger charge is -2.37. The first-order valence-electron chi connectivity index (χ1n) is 8.58. The largest absolute Gasteiger partial charge is 0.450 e. The van der Waals surface area contributed by atoms with E-state index >= 15 is 0 Å². The van der Waals surface area contributed by atoms with Crippen molar-refractivity contribution in [2.75, 3.05) is 37.7 Å². The van der Waals surface area contributed by atoms with Crippen molar-refractivity contribution >= 4 is 22.6 Å². The number of likely N-dealkylation sites (tertiary alicyclic amines) is 1. The molecular formula is C16H26N4O2S. The molecule has 3 heterocycles. The smallest absolute Gasteiger partial charge is 0.409 e. The number of amides is 1. The van der Waals surface area contributed by atoms with Crippen molar-refractivity contribution in [1.29, 1.82) is 0 Å². The summed E-state index contributed by atoms with van der Waals surface area (Å²) in [4.78, 5) is 20.3. The quantitative estimate of drug-likeness (QED) is 0.913. The van der Waals surface area contributed by atoms with Crippen LogP contribution in [0.1, 0.15) is 32.6 Å². The van der Waals surface area contributed by atoms with Gasteiger partial charge in [-0.25, -0.2) is 9.78 Å². The van der Waals surface area contributed by atoms with Gasteiger partial charge in [-0.05, 0) is 32.6 Å². The lowest BCUT2D eigenvalue weighted by atomic mass is 10.00. The first kappa shape index (κ1) is 16.5. The monoisotopic (exact) mass is 338 g/mol. The molecule has 0 spiro atoms. The number of nitrogens with zero attached hydrogens (tertiary/aromatic N) is 3. The van der Waals surface area contributed by atoms with Gasteiger partial charge in [-0.1, -0.05) is 0 Å². The highest BCUT2D eigenvalue weighted by atomic mass is 32.1. The summed E-state index contributed by atoms with van der Waals surface area (Å²) in [6.45, 7) is 6.06. The van der Waals surface area contributed by atoms with Crippen molar-refractivity contribution in [3.05, 3.63) is 11.6 Å². The summed E-state index contributed by atoms with van der Waals surface area (Å²) in [5.74, 6) is 0. The zero-order chi connectivity index (χ0) is 16.1. The van der Waals surface area contributed by atoms with E-state index in [-0.39, 0.29) is 6.09 Å². The number of aromatic nitrogens is 1. The molecule has 1 N–H and O–H groups in total. The van der Waals surface area contributed by atoms with E-state index in [0.717, 1.165) is 57.0 Å². The number of carbonyl (C=O) groups excluding carboxylic acids is 1. The van der Waals surface area contributed by atoms with Crippen LogP contribution in [0.2, 0.25) is 0 Å². The molecule has 1 aromatic rings. The Morgan fingerprint density at radius 1 is 1.26 bits per heavy atom. The van der Waals surface area contributed by atoms with Gasteiger partial charge in [-0.2, -0.15) is 0 Å². The van der Waals surface area contributed by atoms with Crippen molar-refractivity contribution in [1.82, 2.24) is 15.2 Å². The van der Waals surface area contributed by atoms with E-state index in [9.17, 15) is 4.79 Å². The molecule has 1 aromatic heterocycles. The predicted octanol–water partition coefficient (Wildman–Crippen LogP) is 2.32. The topological polar surface area (TPSA) is 57.7 Å². The molecule has 23 heavy (non-hydrogen) atoms. The molecule has 0 bridgehead atoms. The van der Waals surface area contributed by atoms with E-state index in [2.05, 4.69) is 15.2 Å². The Kier molecular flexibility index (Phi) is 5.72. The molecular weight excluding hydrogens is 312 g/mol. The van der Waals surface area contributed by atoms with Gasteiger partial charge in [0.15, 0.2) is 5.13 Å². The maximum atomic E-state index is 11.7. The minimum absolute atomic E-state index is 0.164. The van der Waals surface area contributed by atoms with Gasteiger partial charge >= 0.3 is 6.09 Å². The maximum absolute atomic E-state index is 11.7. The van der Waals surface area contributed by atoms with Gasteiger partial charge in [0.1, 0.15) is 0 Å². The molecule has 3 rings (SSSR count). The van der Waals surface area contributed by atoms with Crippen molar-refractivity contribution in [2.45, 2.75) is 44.7 Å². The molecule has 1 amide bonds. The molecule has 0 aliphatic carbocycles. The molecule has 2 saturated heterocycles. The minimum Gasteiger partial charge on any atom is -0.450 e. The average molecular weight is 338 g/mol. The van der Waals surface area contributed by atoms with Crippen molar-refractivity contribution in [3.63, 3.8) is 0 Å². The molecule has 2 fully saturated rings. The Morgan fingerprint density at radius 3 is 2.48 bits per heavy atom. The summed E-state index contributed by atoms with van der Waals surface area (Å²) in [6.07, 6.45) is 6.08. The highest BCUT2D eigenvalue weighted by Gasteiger charge is 2.27. The third kappa shape index (κ3) is 4.35. The fourth-order valence-electron chi connectivity index (χ4n) is 3.39. The molecule has 0 saturated carbocycles. The van der Waals surface area contributed by atoms with Crippen LogP contribution in [-0.2, 0) is 4.74 Å². The Bertz CT molecular complexity index is 480. The number of carbonyl (C=O) groups is 1. The van der Waals surface area contributed by atoms with Gasteiger partial charge in [0.25, 0.3) is 0 Å². The molecule has 0 unspecified atom stereocenters. The van der Waals surface area contributed by atoms with Gasteiger partial charge in [-0.15, -0.1) is 11.3 Å². The summed E-state index contributed by atoms with van der Waals surface area (Å²) < 4.78 is 5.07. The number of anilines is 1. The summed E-state index contributed by atoms with van der Waals surface area (Å²) >= 11 is 1.72. The molecule has 0 radical (unpaired) electrons. The van der Waals surface area contributed by atoms with Crippen LogP contribution in [0.15, 0.2) is 11.6 Å². The minimum atomic E-state index is -0.164. The number of ether oxygens (including phenoxy) is 1. The number of nitrogens with one attached hydrogen (secondary N) is 1. The van der Waals surface area contributed by atoms with Crippen LogP contribution in [0.25, 0.3) is 0 Å². The first-order valence-corrected chi connectivity index (χ1v) is 9.46. The molecule has 6 nitrogen and oxygen atoms in total. The SMILES string of the molecule is CCOC(=O)N1CCC(NC2CCN(c3nccs3)CC2)CC1. The van der Waals surface area contributed by atoms with E-state index in [1.165, 1.54) is 0 Å². The van der Waals surface area contributed by atoms with Crippen LogP contribution in [-0.4, -0.2) is 60.8 Å². The predicted molar refractivity (Wildman–Crippen MR) is 92.1 cm³/mol. The fourth-order valence-corrected chi connectivity index (χ4v) is 4.08. The van der Waals surface area contributed by atoms with Crippen molar-refractivity contribution in [3.8, 4) is 0 Å².